The van der Waals surface area contributed by atoms with Crippen LogP contribution in [0.5, 0.6) is 0 Å². The summed E-state index contributed by atoms with van der Waals surface area (Å²) in [6.45, 7) is 4.34. The fourth-order valence-corrected chi connectivity index (χ4v) is 5.37. The molecule has 2 aromatic heterocycles. The van der Waals surface area contributed by atoms with E-state index >= 15 is 0 Å². The van der Waals surface area contributed by atoms with Crippen molar-refractivity contribution in [1.82, 2.24) is 14.5 Å². The number of nitrogens with zero attached hydrogens (tertiary/aromatic N) is 4. The van der Waals surface area contributed by atoms with E-state index in [1.54, 1.807) is 27.9 Å². The molecule has 6 nitrogen and oxygen atoms in total. The first-order chi connectivity index (χ1) is 16.0. The topological polar surface area (TPSA) is 58.4 Å². The van der Waals surface area contributed by atoms with Crippen molar-refractivity contribution < 1.29 is 9.18 Å². The normalized spacial score (nSPS) is 14.1. The van der Waals surface area contributed by atoms with E-state index in [0.29, 0.717) is 59.1 Å². The molecule has 33 heavy (non-hydrogen) atoms. The maximum absolute atomic E-state index is 14.1. The first kappa shape index (κ1) is 21.3. The van der Waals surface area contributed by atoms with E-state index in [1.165, 1.54) is 17.4 Å². The Kier molecular flexibility index (Phi) is 5.68. The van der Waals surface area contributed by atoms with E-state index in [4.69, 9.17) is 0 Å². The van der Waals surface area contributed by atoms with Crippen molar-refractivity contribution in [1.29, 1.82) is 0 Å². The zero-order chi connectivity index (χ0) is 22.9. The number of anilines is 1. The maximum Gasteiger partial charge on any atom is 0.264 e. The Bertz CT molecular complexity index is 1370. The smallest absolute Gasteiger partial charge is 0.264 e. The number of piperazine rings is 1. The monoisotopic (exact) mass is 462 g/mol. The van der Waals surface area contributed by atoms with E-state index in [1.807, 2.05) is 48.2 Å². The van der Waals surface area contributed by atoms with Gasteiger partial charge in [0.05, 0.1) is 28.8 Å². The van der Waals surface area contributed by atoms with Gasteiger partial charge in [0.15, 0.2) is 0 Å². The second kappa shape index (κ2) is 8.78. The molecule has 5 rings (SSSR count). The van der Waals surface area contributed by atoms with Gasteiger partial charge in [0.25, 0.3) is 11.5 Å². The molecule has 3 heterocycles. The van der Waals surface area contributed by atoms with Gasteiger partial charge in [-0.2, -0.15) is 0 Å². The van der Waals surface area contributed by atoms with Gasteiger partial charge in [-0.05, 0) is 30.2 Å². The van der Waals surface area contributed by atoms with Crippen LogP contribution in [0.25, 0.3) is 10.2 Å². The fraction of sp³-hybridized carbons (Fsp3) is 0.240. The van der Waals surface area contributed by atoms with Crippen LogP contribution in [0.1, 0.15) is 20.8 Å². The molecule has 1 fully saturated rings. The second-order valence-corrected chi connectivity index (χ2v) is 9.13. The number of thiophene rings is 1. The van der Waals surface area contributed by atoms with Crippen LogP contribution in [-0.4, -0.2) is 46.5 Å². The van der Waals surface area contributed by atoms with Gasteiger partial charge in [-0.15, -0.1) is 11.3 Å². The van der Waals surface area contributed by atoms with E-state index in [9.17, 15) is 14.0 Å². The number of halogens is 1. The Morgan fingerprint density at radius 2 is 1.73 bits per heavy atom. The predicted octanol–water partition coefficient (Wildman–Crippen LogP) is 3.92. The lowest BCUT2D eigenvalue weighted by Crippen LogP contribution is -2.49. The van der Waals surface area contributed by atoms with E-state index in [0.717, 1.165) is 5.56 Å². The highest BCUT2D eigenvalue weighted by molar-refractivity contribution is 7.20. The molecule has 0 aliphatic carbocycles. The van der Waals surface area contributed by atoms with Crippen LogP contribution >= 0.6 is 11.3 Å². The molecule has 0 radical (unpaired) electrons. The van der Waals surface area contributed by atoms with Crippen LogP contribution in [0.4, 0.5) is 10.1 Å². The van der Waals surface area contributed by atoms with Crippen LogP contribution in [0, 0.1) is 12.7 Å². The third kappa shape index (κ3) is 4.02. The molecular weight excluding hydrogens is 439 g/mol. The van der Waals surface area contributed by atoms with Gasteiger partial charge >= 0.3 is 0 Å². The summed E-state index contributed by atoms with van der Waals surface area (Å²) < 4.78 is 15.7. The lowest BCUT2D eigenvalue weighted by atomic mass is 10.1. The average Bonchev–Trinajstić information content (AvgIpc) is 3.18. The highest BCUT2D eigenvalue weighted by Gasteiger charge is 2.27. The maximum atomic E-state index is 14.1. The molecule has 0 saturated carbocycles. The SMILES string of the molecule is Cc1c(C(=O)N2CCN(c3ccccc3F)CC2)sc2ncn(Cc3ccccc3)c(=O)c12. The van der Waals surface area contributed by atoms with Gasteiger partial charge < -0.3 is 9.80 Å². The van der Waals surface area contributed by atoms with Crippen molar-refractivity contribution in [3.63, 3.8) is 0 Å². The Hall–Kier alpha value is -3.52. The molecule has 0 N–H and O–H groups in total. The Morgan fingerprint density at radius 3 is 2.45 bits per heavy atom. The van der Waals surface area contributed by atoms with Crippen molar-refractivity contribution in [3.05, 3.63) is 93.1 Å². The fourth-order valence-electron chi connectivity index (χ4n) is 4.26. The van der Waals surface area contributed by atoms with Crippen LogP contribution in [0.15, 0.2) is 65.7 Å². The number of fused-ring (bicyclic) bond motifs is 1. The zero-order valence-electron chi connectivity index (χ0n) is 18.2. The summed E-state index contributed by atoms with van der Waals surface area (Å²) in [5.74, 6) is -0.354. The highest BCUT2D eigenvalue weighted by Crippen LogP contribution is 2.29. The first-order valence-electron chi connectivity index (χ1n) is 10.8. The molecule has 0 spiro atoms. The molecule has 168 valence electrons. The molecule has 0 bridgehead atoms. The van der Waals surface area contributed by atoms with Crippen molar-refractivity contribution in [2.45, 2.75) is 13.5 Å². The summed E-state index contributed by atoms with van der Waals surface area (Å²) in [6, 6.07) is 16.4. The van der Waals surface area contributed by atoms with Crippen LogP contribution in [0.2, 0.25) is 0 Å². The van der Waals surface area contributed by atoms with E-state index in [-0.39, 0.29) is 17.3 Å². The largest absolute Gasteiger partial charge is 0.366 e. The molecule has 8 heteroatoms. The number of rotatable bonds is 4. The minimum atomic E-state index is -0.254. The lowest BCUT2D eigenvalue weighted by Gasteiger charge is -2.36. The highest BCUT2D eigenvalue weighted by atomic mass is 32.1. The average molecular weight is 463 g/mol. The Balaban J connectivity index is 1.37. The lowest BCUT2D eigenvalue weighted by molar-refractivity contribution is 0.0751. The van der Waals surface area contributed by atoms with Gasteiger partial charge in [-0.25, -0.2) is 9.37 Å². The predicted molar refractivity (Wildman–Crippen MR) is 129 cm³/mol. The van der Waals surface area contributed by atoms with E-state index in [2.05, 4.69) is 4.98 Å². The molecule has 1 saturated heterocycles. The van der Waals surface area contributed by atoms with Crippen molar-refractivity contribution in [2.24, 2.45) is 0 Å². The van der Waals surface area contributed by atoms with Gasteiger partial charge in [0, 0.05) is 26.2 Å². The minimum Gasteiger partial charge on any atom is -0.366 e. The van der Waals surface area contributed by atoms with Crippen molar-refractivity contribution in [2.75, 3.05) is 31.1 Å². The number of carbonyl (C=O) groups is 1. The van der Waals surface area contributed by atoms with Crippen LogP contribution in [-0.2, 0) is 6.54 Å². The number of aryl methyl sites for hydroxylation is 1. The second-order valence-electron chi connectivity index (χ2n) is 8.13. The molecule has 2 aromatic carbocycles. The van der Waals surface area contributed by atoms with Gasteiger partial charge in [0.1, 0.15) is 10.6 Å². The van der Waals surface area contributed by atoms with Gasteiger partial charge in [-0.3, -0.25) is 14.2 Å². The van der Waals surface area contributed by atoms with Crippen molar-refractivity contribution >= 4 is 33.1 Å². The summed E-state index contributed by atoms with van der Waals surface area (Å²) in [7, 11) is 0. The van der Waals surface area contributed by atoms with E-state index < -0.39 is 0 Å². The van der Waals surface area contributed by atoms with Crippen LogP contribution in [0.3, 0.4) is 0 Å². The third-order valence-electron chi connectivity index (χ3n) is 6.07. The number of hydrogen-bond acceptors (Lipinski definition) is 5. The molecular formula is C25H23FN4O2S. The Labute approximate surface area is 194 Å². The summed E-state index contributed by atoms with van der Waals surface area (Å²) in [5, 5.41) is 0.506. The standard InChI is InChI=1S/C25H23FN4O2S/c1-17-21-23(27-16-30(24(21)31)15-18-7-3-2-4-8-18)33-22(17)25(32)29-13-11-28(12-14-29)20-10-6-5-9-19(20)26/h2-10,16H,11-15H2,1H3. The summed E-state index contributed by atoms with van der Waals surface area (Å²) in [6.07, 6.45) is 1.55. The minimum absolute atomic E-state index is 0.0994. The van der Waals surface area contributed by atoms with Gasteiger partial charge in [-0.1, -0.05) is 42.5 Å². The summed E-state index contributed by atoms with van der Waals surface area (Å²) in [4.78, 5) is 35.8. The van der Waals surface area contributed by atoms with Crippen LogP contribution < -0.4 is 10.5 Å². The number of para-hydroxylation sites is 1. The first-order valence-corrected chi connectivity index (χ1v) is 11.7. The Morgan fingerprint density at radius 1 is 1.03 bits per heavy atom. The molecule has 1 aliphatic rings. The quantitative estimate of drug-likeness (QED) is 0.461. The molecule has 0 atom stereocenters. The number of amides is 1. The summed E-state index contributed by atoms with van der Waals surface area (Å²) >= 11 is 1.27. The van der Waals surface area contributed by atoms with Gasteiger partial charge in [0.2, 0.25) is 0 Å². The van der Waals surface area contributed by atoms with Crippen molar-refractivity contribution in [3.8, 4) is 0 Å². The number of benzene rings is 2. The number of hydrogen-bond donors (Lipinski definition) is 0. The number of carbonyl (C=O) groups excluding carboxylic acids is 1. The molecule has 4 aromatic rings. The zero-order valence-corrected chi connectivity index (χ0v) is 19.0. The number of aromatic nitrogens is 2. The third-order valence-corrected chi connectivity index (χ3v) is 7.26. The molecule has 0 unspecified atom stereocenters. The summed E-state index contributed by atoms with van der Waals surface area (Å²) in [5.41, 5.74) is 2.11. The molecule has 1 aliphatic heterocycles. The molecule has 1 amide bonds.